The van der Waals surface area contributed by atoms with Crippen LogP contribution >= 0.6 is 0 Å². The fraction of sp³-hybridized carbons (Fsp3) is 0.429. The van der Waals surface area contributed by atoms with Crippen molar-refractivity contribution in [2.24, 2.45) is 5.92 Å². The highest BCUT2D eigenvalue weighted by atomic mass is 16.6. The number of carbonyl (C=O) groups excluding carboxylic acids is 2. The second-order valence-corrected chi connectivity index (χ2v) is 7.20. The molecule has 6 heteroatoms. The van der Waals surface area contributed by atoms with Crippen molar-refractivity contribution >= 4 is 11.8 Å². The molecule has 1 saturated carbocycles. The number of nitrogens with zero attached hydrogens (tertiary/aromatic N) is 1. The number of fused-ring (bicyclic) bond motifs is 1. The molecule has 1 unspecified atom stereocenters. The van der Waals surface area contributed by atoms with E-state index in [-0.39, 0.29) is 30.4 Å². The highest BCUT2D eigenvalue weighted by molar-refractivity contribution is 5.99. The molecule has 142 valence electrons. The van der Waals surface area contributed by atoms with Crippen LogP contribution in [0.4, 0.5) is 0 Å². The summed E-state index contributed by atoms with van der Waals surface area (Å²) < 4.78 is 19.0. The van der Waals surface area contributed by atoms with Gasteiger partial charge in [0.25, 0.3) is 0 Å². The smallest absolute Gasteiger partial charge is 0.309 e. The van der Waals surface area contributed by atoms with Gasteiger partial charge in [-0.3, -0.25) is 9.59 Å². The summed E-state index contributed by atoms with van der Waals surface area (Å²) in [7, 11) is 0. The third-order valence-electron chi connectivity index (χ3n) is 5.08. The van der Waals surface area contributed by atoms with Crippen molar-refractivity contribution in [3.63, 3.8) is 0 Å². The van der Waals surface area contributed by atoms with Crippen molar-refractivity contribution in [1.82, 2.24) is 4.57 Å². The molecule has 0 saturated heterocycles. The monoisotopic (exact) mass is 369 g/mol. The SMILES string of the molecule is Cc1cc(C(=O)COC(=O)C2CC2)c(C)n1CC1COc2ccccc2O1. The lowest BCUT2D eigenvalue weighted by molar-refractivity contribution is -0.144. The average Bonchev–Trinajstić information content (AvgIpc) is 3.48. The third kappa shape index (κ3) is 3.70. The number of aryl methyl sites for hydroxylation is 1. The number of rotatable bonds is 6. The average molecular weight is 369 g/mol. The molecule has 2 heterocycles. The fourth-order valence-electron chi connectivity index (χ4n) is 3.37. The Hall–Kier alpha value is -2.76. The van der Waals surface area contributed by atoms with Gasteiger partial charge in [0.2, 0.25) is 5.78 Å². The number of benzene rings is 1. The van der Waals surface area contributed by atoms with Crippen molar-refractivity contribution in [1.29, 1.82) is 0 Å². The number of ketones is 1. The van der Waals surface area contributed by atoms with Gasteiger partial charge in [-0.1, -0.05) is 12.1 Å². The molecule has 2 aliphatic rings. The van der Waals surface area contributed by atoms with E-state index in [0.717, 1.165) is 35.7 Å². The van der Waals surface area contributed by atoms with E-state index < -0.39 is 0 Å². The summed E-state index contributed by atoms with van der Waals surface area (Å²) >= 11 is 0. The van der Waals surface area contributed by atoms with Gasteiger partial charge in [-0.05, 0) is 44.9 Å². The number of Topliss-reactive ketones (excluding diaryl/α,β-unsaturated/α-hetero) is 1. The molecule has 0 bridgehead atoms. The van der Waals surface area contributed by atoms with Crippen molar-refractivity contribution in [3.05, 3.63) is 47.3 Å². The van der Waals surface area contributed by atoms with E-state index in [1.54, 1.807) is 0 Å². The summed E-state index contributed by atoms with van der Waals surface area (Å²) in [4.78, 5) is 24.1. The van der Waals surface area contributed by atoms with E-state index in [4.69, 9.17) is 14.2 Å². The van der Waals surface area contributed by atoms with Crippen molar-refractivity contribution in [2.45, 2.75) is 39.3 Å². The van der Waals surface area contributed by atoms with Gasteiger partial charge in [0.1, 0.15) is 6.61 Å². The minimum Gasteiger partial charge on any atom is -0.486 e. The van der Waals surface area contributed by atoms with Gasteiger partial charge in [0, 0.05) is 17.0 Å². The predicted octanol–water partition coefficient (Wildman–Crippen LogP) is 3.08. The van der Waals surface area contributed by atoms with Gasteiger partial charge in [0.15, 0.2) is 24.2 Å². The summed E-state index contributed by atoms with van der Waals surface area (Å²) in [5.41, 5.74) is 2.41. The van der Waals surface area contributed by atoms with Crippen LogP contribution in [-0.4, -0.2) is 35.6 Å². The Morgan fingerprint density at radius 3 is 2.67 bits per heavy atom. The Morgan fingerprint density at radius 1 is 1.19 bits per heavy atom. The zero-order chi connectivity index (χ0) is 19.0. The number of carbonyl (C=O) groups is 2. The minimum atomic E-state index is -0.261. The molecule has 0 spiro atoms. The molecule has 1 aromatic carbocycles. The summed E-state index contributed by atoms with van der Waals surface area (Å²) in [6.07, 6.45) is 1.60. The second kappa shape index (κ2) is 7.10. The molecular formula is C21H23NO5. The first-order valence-electron chi connectivity index (χ1n) is 9.28. The van der Waals surface area contributed by atoms with Crippen LogP contribution in [0.5, 0.6) is 11.5 Å². The van der Waals surface area contributed by atoms with Crippen LogP contribution in [0.1, 0.15) is 34.6 Å². The van der Waals surface area contributed by atoms with Gasteiger partial charge in [-0.15, -0.1) is 0 Å². The number of hydrogen-bond acceptors (Lipinski definition) is 5. The summed E-state index contributed by atoms with van der Waals surface area (Å²) in [6.45, 7) is 4.70. The molecule has 6 nitrogen and oxygen atoms in total. The van der Waals surface area contributed by atoms with Crippen LogP contribution in [0.2, 0.25) is 0 Å². The molecule has 1 atom stereocenters. The third-order valence-corrected chi connectivity index (χ3v) is 5.08. The summed E-state index contributed by atoms with van der Waals surface area (Å²) in [5.74, 6) is 1.05. The molecule has 0 N–H and O–H groups in total. The quantitative estimate of drug-likeness (QED) is 0.578. The number of aromatic nitrogens is 1. The van der Waals surface area contributed by atoms with Crippen molar-refractivity contribution in [3.8, 4) is 11.5 Å². The number of hydrogen-bond donors (Lipinski definition) is 0. The Bertz CT molecular complexity index is 881. The Labute approximate surface area is 158 Å². The normalized spacial score (nSPS) is 18.2. The zero-order valence-corrected chi connectivity index (χ0v) is 15.6. The van der Waals surface area contributed by atoms with Crippen molar-refractivity contribution < 1.29 is 23.8 Å². The molecular weight excluding hydrogens is 346 g/mol. The second-order valence-electron chi connectivity index (χ2n) is 7.20. The fourth-order valence-corrected chi connectivity index (χ4v) is 3.37. The van der Waals surface area contributed by atoms with Crippen LogP contribution in [0.15, 0.2) is 30.3 Å². The van der Waals surface area contributed by atoms with E-state index >= 15 is 0 Å². The maximum absolute atomic E-state index is 12.5. The Balaban J connectivity index is 1.43. The molecule has 4 rings (SSSR count). The topological polar surface area (TPSA) is 66.8 Å². The van der Waals surface area contributed by atoms with Crippen LogP contribution in [-0.2, 0) is 16.1 Å². The summed E-state index contributed by atoms with van der Waals surface area (Å²) in [5, 5.41) is 0. The van der Waals surface area contributed by atoms with Gasteiger partial charge >= 0.3 is 5.97 Å². The first-order chi connectivity index (χ1) is 13.0. The van der Waals surface area contributed by atoms with E-state index in [2.05, 4.69) is 4.57 Å². The lowest BCUT2D eigenvalue weighted by Gasteiger charge is -2.27. The minimum absolute atomic E-state index is 0.00319. The lowest BCUT2D eigenvalue weighted by Crippen LogP contribution is -2.33. The van der Waals surface area contributed by atoms with Crippen LogP contribution in [0, 0.1) is 19.8 Å². The van der Waals surface area contributed by atoms with E-state index in [9.17, 15) is 9.59 Å². The molecule has 1 fully saturated rings. The van der Waals surface area contributed by atoms with Gasteiger partial charge in [-0.2, -0.15) is 0 Å². The van der Waals surface area contributed by atoms with Gasteiger partial charge in [-0.25, -0.2) is 0 Å². The largest absolute Gasteiger partial charge is 0.486 e. The standard InChI is InChI=1S/C21H23NO5/c1-13-9-17(18(23)12-26-21(24)15-7-8-15)14(2)22(13)10-16-11-25-19-5-3-4-6-20(19)27-16/h3-6,9,15-16H,7-8,10-12H2,1-2H3. The number of para-hydroxylation sites is 2. The van der Waals surface area contributed by atoms with Crippen LogP contribution in [0.3, 0.4) is 0 Å². The van der Waals surface area contributed by atoms with Gasteiger partial charge < -0.3 is 18.8 Å². The maximum atomic E-state index is 12.5. The molecule has 1 aliphatic heterocycles. The van der Waals surface area contributed by atoms with Crippen LogP contribution in [0.25, 0.3) is 0 Å². The zero-order valence-electron chi connectivity index (χ0n) is 15.6. The Kier molecular flexibility index (Phi) is 4.64. The van der Waals surface area contributed by atoms with Gasteiger partial charge in [0.05, 0.1) is 12.5 Å². The maximum Gasteiger partial charge on any atom is 0.309 e. The van der Waals surface area contributed by atoms with E-state index in [1.165, 1.54) is 0 Å². The van der Waals surface area contributed by atoms with E-state index in [1.807, 2.05) is 44.2 Å². The molecule has 1 aromatic heterocycles. The summed E-state index contributed by atoms with van der Waals surface area (Å²) in [6, 6.07) is 9.45. The van der Waals surface area contributed by atoms with E-state index in [0.29, 0.717) is 18.7 Å². The number of ether oxygens (including phenoxy) is 3. The van der Waals surface area contributed by atoms with Crippen LogP contribution < -0.4 is 9.47 Å². The Morgan fingerprint density at radius 2 is 1.93 bits per heavy atom. The molecule has 0 radical (unpaired) electrons. The first-order valence-corrected chi connectivity index (χ1v) is 9.28. The highest BCUT2D eigenvalue weighted by Gasteiger charge is 2.32. The molecule has 1 aliphatic carbocycles. The molecule has 0 amide bonds. The van der Waals surface area contributed by atoms with Crippen molar-refractivity contribution in [2.75, 3.05) is 13.2 Å². The predicted molar refractivity (Wildman–Crippen MR) is 98.3 cm³/mol. The molecule has 27 heavy (non-hydrogen) atoms. The highest BCUT2D eigenvalue weighted by Crippen LogP contribution is 2.32. The number of esters is 1. The molecule has 2 aromatic rings. The lowest BCUT2D eigenvalue weighted by atomic mass is 10.1. The first kappa shape index (κ1) is 17.6.